The Kier molecular flexibility index (Phi) is 7.08. The summed E-state index contributed by atoms with van der Waals surface area (Å²) in [4.78, 5) is 14.6. The molecule has 0 aliphatic carbocycles. The second kappa shape index (κ2) is 9.30. The van der Waals surface area contributed by atoms with Gasteiger partial charge < -0.3 is 23.8 Å². The summed E-state index contributed by atoms with van der Waals surface area (Å²) in [5.41, 5.74) is 1.48. The van der Waals surface area contributed by atoms with Gasteiger partial charge in [-0.3, -0.25) is 4.79 Å². The molecular weight excluding hydrogens is 310 g/mol. The number of benzene rings is 1. The number of para-hydroxylation sites is 1. The van der Waals surface area contributed by atoms with Gasteiger partial charge in [-0.15, -0.1) is 0 Å². The molecular formula is C18H25NO5. The molecule has 0 atom stereocenters. The minimum absolute atomic E-state index is 0.0309. The van der Waals surface area contributed by atoms with Gasteiger partial charge >= 0.3 is 0 Å². The van der Waals surface area contributed by atoms with Crippen molar-refractivity contribution in [3.05, 3.63) is 29.3 Å². The van der Waals surface area contributed by atoms with E-state index >= 15 is 0 Å². The molecule has 0 aromatic heterocycles. The largest absolute Gasteiger partial charge is 0.493 e. The van der Waals surface area contributed by atoms with Crippen molar-refractivity contribution in [2.24, 2.45) is 0 Å². The molecule has 6 heteroatoms. The fourth-order valence-electron chi connectivity index (χ4n) is 2.58. The molecule has 1 aromatic carbocycles. The van der Waals surface area contributed by atoms with Crippen molar-refractivity contribution < 1.29 is 23.7 Å². The van der Waals surface area contributed by atoms with Crippen LogP contribution in [0.15, 0.2) is 23.8 Å². The highest BCUT2D eigenvalue weighted by atomic mass is 16.5. The normalized spacial score (nSPS) is 12.9. The van der Waals surface area contributed by atoms with E-state index in [0.717, 1.165) is 12.0 Å². The molecule has 2 rings (SSSR count). The van der Waals surface area contributed by atoms with Gasteiger partial charge in [-0.05, 0) is 18.6 Å². The Morgan fingerprint density at radius 1 is 1.17 bits per heavy atom. The standard InChI is InChI=1S/C18H25NO5/c1-21-10-5-8-19(9-11-22-2)18(20)15-12-14-6-4-7-16(23-3)17(14)24-13-15/h4,6-7,12H,5,8-11,13H2,1-3H3. The number of ether oxygens (including phenoxy) is 4. The van der Waals surface area contributed by atoms with E-state index in [1.54, 1.807) is 26.2 Å². The number of methoxy groups -OCH3 is 3. The highest BCUT2D eigenvalue weighted by Crippen LogP contribution is 2.35. The van der Waals surface area contributed by atoms with E-state index < -0.39 is 0 Å². The summed E-state index contributed by atoms with van der Waals surface area (Å²) in [5, 5.41) is 0. The van der Waals surface area contributed by atoms with E-state index in [0.29, 0.717) is 43.4 Å². The van der Waals surface area contributed by atoms with E-state index in [1.807, 2.05) is 24.3 Å². The van der Waals surface area contributed by atoms with Crippen LogP contribution in [0.25, 0.3) is 6.08 Å². The molecule has 0 radical (unpaired) electrons. The van der Waals surface area contributed by atoms with Crippen molar-refractivity contribution in [2.45, 2.75) is 6.42 Å². The second-order valence-electron chi connectivity index (χ2n) is 5.47. The van der Waals surface area contributed by atoms with E-state index in [-0.39, 0.29) is 12.5 Å². The van der Waals surface area contributed by atoms with Gasteiger partial charge in [0.2, 0.25) is 0 Å². The number of nitrogens with zero attached hydrogens (tertiary/aromatic N) is 1. The van der Waals surface area contributed by atoms with Crippen molar-refractivity contribution in [1.82, 2.24) is 4.90 Å². The van der Waals surface area contributed by atoms with Gasteiger partial charge in [0.05, 0.1) is 19.3 Å². The zero-order chi connectivity index (χ0) is 17.4. The zero-order valence-corrected chi connectivity index (χ0v) is 14.5. The number of carbonyl (C=O) groups excluding carboxylic acids is 1. The molecule has 0 saturated heterocycles. The number of hydrogen-bond donors (Lipinski definition) is 0. The summed E-state index contributed by atoms with van der Waals surface area (Å²) in [6.45, 7) is 2.52. The van der Waals surface area contributed by atoms with Gasteiger partial charge in [-0.1, -0.05) is 12.1 Å². The van der Waals surface area contributed by atoms with E-state index in [1.165, 1.54) is 0 Å². The first-order chi connectivity index (χ1) is 11.7. The van der Waals surface area contributed by atoms with Crippen LogP contribution in [-0.2, 0) is 14.3 Å². The van der Waals surface area contributed by atoms with Crippen LogP contribution in [0.5, 0.6) is 11.5 Å². The maximum atomic E-state index is 12.8. The van der Waals surface area contributed by atoms with Gasteiger partial charge in [0.1, 0.15) is 6.61 Å². The van der Waals surface area contributed by atoms with Crippen LogP contribution in [0, 0.1) is 0 Å². The quantitative estimate of drug-likeness (QED) is 0.646. The lowest BCUT2D eigenvalue weighted by atomic mass is 10.1. The average molecular weight is 335 g/mol. The van der Waals surface area contributed by atoms with E-state index in [9.17, 15) is 4.79 Å². The second-order valence-corrected chi connectivity index (χ2v) is 5.47. The summed E-state index contributed by atoms with van der Waals surface area (Å²) in [5.74, 6) is 1.32. The number of rotatable bonds is 9. The van der Waals surface area contributed by atoms with E-state index in [4.69, 9.17) is 18.9 Å². The lowest BCUT2D eigenvalue weighted by molar-refractivity contribution is -0.128. The van der Waals surface area contributed by atoms with Crippen LogP contribution in [0.2, 0.25) is 0 Å². The summed E-state index contributed by atoms with van der Waals surface area (Å²) in [7, 11) is 4.89. The Hall–Kier alpha value is -2.05. The molecule has 1 heterocycles. The Bertz CT molecular complexity index is 585. The molecule has 1 aliphatic rings. The molecule has 1 aromatic rings. The Morgan fingerprint density at radius 3 is 2.67 bits per heavy atom. The van der Waals surface area contributed by atoms with Crippen LogP contribution >= 0.6 is 0 Å². The molecule has 0 unspecified atom stereocenters. The van der Waals surface area contributed by atoms with Gasteiger partial charge in [0.25, 0.3) is 5.91 Å². The summed E-state index contributed by atoms with van der Waals surface area (Å²) in [6, 6.07) is 5.63. The Labute approximate surface area is 142 Å². The van der Waals surface area contributed by atoms with Crippen molar-refractivity contribution in [3.63, 3.8) is 0 Å². The lowest BCUT2D eigenvalue weighted by Gasteiger charge is -2.26. The van der Waals surface area contributed by atoms with Crippen LogP contribution in [0.3, 0.4) is 0 Å². The van der Waals surface area contributed by atoms with Crippen LogP contribution in [0.1, 0.15) is 12.0 Å². The van der Waals surface area contributed by atoms with Crippen LogP contribution in [-0.4, -0.2) is 65.0 Å². The first kappa shape index (κ1) is 18.3. The molecule has 0 bridgehead atoms. The molecule has 0 spiro atoms. The number of carbonyl (C=O) groups is 1. The fraction of sp³-hybridized carbons (Fsp3) is 0.500. The van der Waals surface area contributed by atoms with Crippen molar-refractivity contribution in [1.29, 1.82) is 0 Å². The molecule has 1 amide bonds. The predicted octanol–water partition coefficient (Wildman–Crippen LogP) is 1.98. The maximum absolute atomic E-state index is 12.8. The van der Waals surface area contributed by atoms with E-state index in [2.05, 4.69) is 0 Å². The fourth-order valence-corrected chi connectivity index (χ4v) is 2.58. The molecule has 132 valence electrons. The minimum Gasteiger partial charge on any atom is -0.493 e. The van der Waals surface area contributed by atoms with Crippen LogP contribution < -0.4 is 9.47 Å². The summed E-state index contributed by atoms with van der Waals surface area (Å²) in [6.07, 6.45) is 2.66. The van der Waals surface area contributed by atoms with Gasteiger partial charge in [-0.2, -0.15) is 0 Å². The molecule has 6 nitrogen and oxygen atoms in total. The number of fused-ring (bicyclic) bond motifs is 1. The first-order valence-electron chi connectivity index (χ1n) is 7.98. The monoisotopic (exact) mass is 335 g/mol. The first-order valence-corrected chi connectivity index (χ1v) is 7.98. The molecule has 0 fully saturated rings. The molecule has 24 heavy (non-hydrogen) atoms. The summed E-state index contributed by atoms with van der Waals surface area (Å²) < 4.78 is 21.2. The van der Waals surface area contributed by atoms with Gasteiger partial charge in [0.15, 0.2) is 11.5 Å². The Morgan fingerprint density at radius 2 is 1.96 bits per heavy atom. The van der Waals surface area contributed by atoms with Gasteiger partial charge in [-0.25, -0.2) is 0 Å². The third kappa shape index (κ3) is 4.49. The van der Waals surface area contributed by atoms with Crippen molar-refractivity contribution in [2.75, 3.05) is 54.2 Å². The summed E-state index contributed by atoms with van der Waals surface area (Å²) >= 11 is 0. The number of amides is 1. The third-order valence-electron chi connectivity index (χ3n) is 3.83. The van der Waals surface area contributed by atoms with Gasteiger partial charge in [0, 0.05) is 39.5 Å². The van der Waals surface area contributed by atoms with Crippen molar-refractivity contribution >= 4 is 12.0 Å². The number of hydrogen-bond acceptors (Lipinski definition) is 5. The minimum atomic E-state index is -0.0309. The molecule has 1 aliphatic heterocycles. The maximum Gasteiger partial charge on any atom is 0.253 e. The smallest absolute Gasteiger partial charge is 0.253 e. The predicted molar refractivity (Wildman–Crippen MR) is 91.4 cm³/mol. The van der Waals surface area contributed by atoms with Crippen LogP contribution in [0.4, 0.5) is 0 Å². The molecule has 0 N–H and O–H groups in total. The zero-order valence-electron chi connectivity index (χ0n) is 14.5. The Balaban J connectivity index is 2.14. The lowest BCUT2D eigenvalue weighted by Crippen LogP contribution is -2.37. The molecule has 0 saturated carbocycles. The highest BCUT2D eigenvalue weighted by molar-refractivity contribution is 5.99. The third-order valence-corrected chi connectivity index (χ3v) is 3.83. The highest BCUT2D eigenvalue weighted by Gasteiger charge is 2.23. The SMILES string of the molecule is COCCCN(CCOC)C(=O)C1=Cc2cccc(OC)c2OC1. The van der Waals surface area contributed by atoms with Crippen molar-refractivity contribution in [3.8, 4) is 11.5 Å². The average Bonchev–Trinajstić information content (AvgIpc) is 2.63. The topological polar surface area (TPSA) is 57.2 Å².